The number of hydrogen-bond acceptors (Lipinski definition) is 3. The van der Waals surface area contributed by atoms with Crippen molar-refractivity contribution in [2.75, 3.05) is 26.0 Å². The Morgan fingerprint density at radius 1 is 1.21 bits per heavy atom. The Morgan fingerprint density at radius 3 is 2.79 bits per heavy atom. The molecule has 0 spiro atoms. The number of benzene rings is 1. The Kier molecular flexibility index (Phi) is 8.34. The van der Waals surface area contributed by atoms with E-state index in [0.717, 1.165) is 63.4 Å². The normalized spacial score (nSPS) is 29.9. The molecule has 6 heteroatoms. The van der Waals surface area contributed by atoms with Crippen LogP contribution in [0.3, 0.4) is 0 Å². The highest BCUT2D eigenvalue weighted by atomic mass is 32.2. The lowest BCUT2D eigenvalue weighted by molar-refractivity contribution is -0.0265. The molecular weight excluding hydrogens is 370 g/mol. The number of guanidine groups is 1. The fourth-order valence-electron chi connectivity index (χ4n) is 4.43. The third kappa shape index (κ3) is 5.80. The maximum atomic E-state index is 12.2. The SMILES string of the molecule is CCS(=O)C1CCCC(NC(=NC)NCC2CCCOC2c2ccccc2)C1. The summed E-state index contributed by atoms with van der Waals surface area (Å²) in [5.41, 5.74) is 1.26. The molecule has 5 atom stereocenters. The van der Waals surface area contributed by atoms with Crippen LogP contribution in [0.4, 0.5) is 0 Å². The number of nitrogens with zero attached hydrogens (tertiary/aromatic N) is 1. The molecule has 2 fully saturated rings. The second-order valence-electron chi connectivity index (χ2n) is 7.86. The zero-order valence-electron chi connectivity index (χ0n) is 17.2. The number of rotatable bonds is 6. The molecule has 3 rings (SSSR count). The maximum Gasteiger partial charge on any atom is 0.191 e. The van der Waals surface area contributed by atoms with Crippen LogP contribution in [-0.2, 0) is 15.5 Å². The molecule has 5 nitrogen and oxygen atoms in total. The second kappa shape index (κ2) is 11.0. The largest absolute Gasteiger partial charge is 0.373 e. The minimum Gasteiger partial charge on any atom is -0.373 e. The van der Waals surface area contributed by atoms with Crippen molar-refractivity contribution in [2.45, 2.75) is 62.8 Å². The van der Waals surface area contributed by atoms with Crippen molar-refractivity contribution < 1.29 is 8.95 Å². The van der Waals surface area contributed by atoms with Crippen molar-refractivity contribution in [2.24, 2.45) is 10.9 Å². The molecule has 2 aliphatic rings. The first-order chi connectivity index (χ1) is 13.7. The van der Waals surface area contributed by atoms with E-state index in [-0.39, 0.29) is 6.10 Å². The smallest absolute Gasteiger partial charge is 0.191 e. The van der Waals surface area contributed by atoms with Gasteiger partial charge in [-0.15, -0.1) is 0 Å². The van der Waals surface area contributed by atoms with Gasteiger partial charge in [-0.3, -0.25) is 9.20 Å². The number of aliphatic imine (C=N–C) groups is 1. The van der Waals surface area contributed by atoms with E-state index in [4.69, 9.17) is 4.74 Å². The first kappa shape index (κ1) is 21.3. The summed E-state index contributed by atoms with van der Waals surface area (Å²) >= 11 is 0. The lowest BCUT2D eigenvalue weighted by atomic mass is 9.89. The van der Waals surface area contributed by atoms with Gasteiger partial charge >= 0.3 is 0 Å². The monoisotopic (exact) mass is 405 g/mol. The van der Waals surface area contributed by atoms with Crippen molar-refractivity contribution in [3.05, 3.63) is 35.9 Å². The van der Waals surface area contributed by atoms with Gasteiger partial charge in [0, 0.05) is 54.0 Å². The molecule has 156 valence electrons. The quantitative estimate of drug-likeness (QED) is 0.562. The van der Waals surface area contributed by atoms with Crippen molar-refractivity contribution >= 4 is 16.8 Å². The highest BCUT2D eigenvalue weighted by molar-refractivity contribution is 7.85. The lowest BCUT2D eigenvalue weighted by Crippen LogP contribution is -2.48. The zero-order valence-corrected chi connectivity index (χ0v) is 18.0. The molecule has 5 unspecified atom stereocenters. The van der Waals surface area contributed by atoms with Gasteiger partial charge in [0.05, 0.1) is 6.10 Å². The van der Waals surface area contributed by atoms with Crippen molar-refractivity contribution in [3.63, 3.8) is 0 Å². The van der Waals surface area contributed by atoms with Crippen LogP contribution >= 0.6 is 0 Å². The fourth-order valence-corrected chi connectivity index (χ4v) is 5.78. The predicted octanol–water partition coefficient (Wildman–Crippen LogP) is 3.40. The third-order valence-electron chi connectivity index (χ3n) is 5.95. The second-order valence-corrected chi connectivity index (χ2v) is 9.86. The van der Waals surface area contributed by atoms with E-state index in [1.165, 1.54) is 5.56 Å². The van der Waals surface area contributed by atoms with Gasteiger partial charge in [-0.05, 0) is 37.7 Å². The molecule has 0 radical (unpaired) electrons. The predicted molar refractivity (Wildman–Crippen MR) is 117 cm³/mol. The minimum atomic E-state index is -0.701. The maximum absolute atomic E-state index is 12.2. The van der Waals surface area contributed by atoms with Gasteiger partial charge in [0.25, 0.3) is 0 Å². The molecule has 1 aromatic rings. The first-order valence-electron chi connectivity index (χ1n) is 10.7. The minimum absolute atomic E-state index is 0.145. The Balaban J connectivity index is 1.53. The molecule has 1 aliphatic heterocycles. The van der Waals surface area contributed by atoms with Crippen LogP contribution in [0, 0.1) is 5.92 Å². The van der Waals surface area contributed by atoms with Crippen molar-refractivity contribution in [3.8, 4) is 0 Å². The zero-order chi connectivity index (χ0) is 19.8. The van der Waals surface area contributed by atoms with Gasteiger partial charge < -0.3 is 15.4 Å². The van der Waals surface area contributed by atoms with Gasteiger partial charge in [-0.2, -0.15) is 0 Å². The van der Waals surface area contributed by atoms with E-state index < -0.39 is 10.8 Å². The van der Waals surface area contributed by atoms with E-state index in [1.54, 1.807) is 0 Å². The molecular formula is C22H35N3O2S. The van der Waals surface area contributed by atoms with E-state index >= 15 is 0 Å². The molecule has 1 saturated heterocycles. The molecule has 0 bridgehead atoms. The summed E-state index contributed by atoms with van der Waals surface area (Å²) in [6, 6.07) is 10.9. The molecule has 1 aliphatic carbocycles. The summed E-state index contributed by atoms with van der Waals surface area (Å²) in [4.78, 5) is 4.43. The topological polar surface area (TPSA) is 62.7 Å². The molecule has 1 aromatic carbocycles. The molecule has 28 heavy (non-hydrogen) atoms. The molecule has 0 amide bonds. The van der Waals surface area contributed by atoms with Crippen LogP contribution in [0.25, 0.3) is 0 Å². The fraction of sp³-hybridized carbons (Fsp3) is 0.682. The summed E-state index contributed by atoms with van der Waals surface area (Å²) in [6.07, 6.45) is 6.73. The molecule has 0 aromatic heterocycles. The van der Waals surface area contributed by atoms with Crippen LogP contribution in [-0.4, -0.2) is 47.4 Å². The highest BCUT2D eigenvalue weighted by Gasteiger charge is 2.29. The summed E-state index contributed by atoms with van der Waals surface area (Å²) < 4.78 is 18.3. The average Bonchev–Trinajstić information content (AvgIpc) is 2.77. The van der Waals surface area contributed by atoms with Crippen LogP contribution < -0.4 is 10.6 Å². The third-order valence-corrected chi connectivity index (χ3v) is 7.69. The van der Waals surface area contributed by atoms with E-state index in [9.17, 15) is 4.21 Å². The van der Waals surface area contributed by atoms with Crippen LogP contribution in [0.15, 0.2) is 35.3 Å². The average molecular weight is 406 g/mol. The molecule has 1 heterocycles. The van der Waals surface area contributed by atoms with Gasteiger partial charge in [0.2, 0.25) is 0 Å². The highest BCUT2D eigenvalue weighted by Crippen LogP contribution is 2.33. The summed E-state index contributed by atoms with van der Waals surface area (Å²) in [6.45, 7) is 3.69. The number of nitrogens with one attached hydrogen (secondary N) is 2. The summed E-state index contributed by atoms with van der Waals surface area (Å²) in [5, 5.41) is 7.42. The Bertz CT molecular complexity index is 652. The van der Waals surface area contributed by atoms with Crippen LogP contribution in [0.1, 0.15) is 57.1 Å². The first-order valence-corrected chi connectivity index (χ1v) is 12.1. The van der Waals surface area contributed by atoms with Crippen LogP contribution in [0.5, 0.6) is 0 Å². The molecule has 1 saturated carbocycles. The summed E-state index contributed by atoms with van der Waals surface area (Å²) in [7, 11) is 1.12. The molecule has 2 N–H and O–H groups in total. The van der Waals surface area contributed by atoms with Gasteiger partial charge in [-0.25, -0.2) is 0 Å². The van der Waals surface area contributed by atoms with Gasteiger partial charge in [0.1, 0.15) is 0 Å². The number of ether oxygens (including phenoxy) is 1. The standard InChI is InChI=1S/C22H35N3O2S/c1-3-28(26)20-13-7-12-19(15-20)25-22(23-2)24-16-18-11-8-14-27-21(18)17-9-5-4-6-10-17/h4-6,9-10,18-21H,3,7-8,11-16H2,1-2H3,(H2,23,24,25). The van der Waals surface area contributed by atoms with Crippen molar-refractivity contribution in [1.29, 1.82) is 0 Å². The van der Waals surface area contributed by atoms with Gasteiger partial charge in [0.15, 0.2) is 5.96 Å². The summed E-state index contributed by atoms with van der Waals surface area (Å²) in [5.74, 6) is 2.04. The van der Waals surface area contributed by atoms with E-state index in [1.807, 2.05) is 20.0 Å². The van der Waals surface area contributed by atoms with Crippen LogP contribution in [0.2, 0.25) is 0 Å². The van der Waals surface area contributed by atoms with Gasteiger partial charge in [-0.1, -0.05) is 43.7 Å². The Labute approximate surface area is 172 Å². The Hall–Kier alpha value is -1.40. The van der Waals surface area contributed by atoms with Crippen molar-refractivity contribution in [1.82, 2.24) is 10.6 Å². The number of hydrogen-bond donors (Lipinski definition) is 2. The van der Waals surface area contributed by atoms with E-state index in [2.05, 4.69) is 39.9 Å². The lowest BCUT2D eigenvalue weighted by Gasteiger charge is -2.34. The Morgan fingerprint density at radius 2 is 2.04 bits per heavy atom. The van der Waals surface area contributed by atoms with E-state index in [0.29, 0.717) is 17.2 Å².